The molecule has 1 amide bonds. The standard InChI is InChI=1S/C10H15N3O2/c1-12-4-7-3-10(5-15-6-10)13(2)9(14)8(7)11/h4H,3,5-6,11H2,1-2H3. The van der Waals surface area contributed by atoms with Crippen molar-refractivity contribution in [2.24, 2.45) is 10.7 Å². The van der Waals surface area contributed by atoms with E-state index in [2.05, 4.69) is 4.99 Å². The molecule has 15 heavy (non-hydrogen) atoms. The van der Waals surface area contributed by atoms with Crippen molar-refractivity contribution in [3.63, 3.8) is 0 Å². The van der Waals surface area contributed by atoms with Gasteiger partial charge in [0.15, 0.2) is 0 Å². The van der Waals surface area contributed by atoms with Gasteiger partial charge in [-0.1, -0.05) is 0 Å². The molecular weight excluding hydrogens is 194 g/mol. The first-order valence-corrected chi connectivity index (χ1v) is 4.87. The third kappa shape index (κ3) is 1.34. The Morgan fingerprint density at radius 2 is 2.27 bits per heavy atom. The minimum Gasteiger partial charge on any atom is -0.394 e. The average molecular weight is 209 g/mol. The van der Waals surface area contributed by atoms with Crippen molar-refractivity contribution < 1.29 is 9.53 Å². The summed E-state index contributed by atoms with van der Waals surface area (Å²) in [6.07, 6.45) is 2.40. The number of aliphatic imine (C=N–C) groups is 1. The highest BCUT2D eigenvalue weighted by Crippen LogP contribution is 2.35. The van der Waals surface area contributed by atoms with Gasteiger partial charge in [0.1, 0.15) is 5.70 Å². The van der Waals surface area contributed by atoms with Crippen LogP contribution in [0.4, 0.5) is 0 Å². The molecule has 0 radical (unpaired) electrons. The lowest BCUT2D eigenvalue weighted by Crippen LogP contribution is -2.65. The monoisotopic (exact) mass is 209 g/mol. The smallest absolute Gasteiger partial charge is 0.270 e. The lowest BCUT2D eigenvalue weighted by Gasteiger charge is -2.50. The lowest BCUT2D eigenvalue weighted by atomic mass is 9.83. The van der Waals surface area contributed by atoms with E-state index in [-0.39, 0.29) is 11.4 Å². The third-order valence-corrected chi connectivity index (χ3v) is 3.14. The van der Waals surface area contributed by atoms with Crippen LogP contribution in [0.3, 0.4) is 0 Å². The number of carbonyl (C=O) groups excluding carboxylic acids is 1. The molecule has 0 bridgehead atoms. The van der Waals surface area contributed by atoms with E-state index in [1.807, 2.05) is 0 Å². The quantitative estimate of drug-likeness (QED) is 0.594. The van der Waals surface area contributed by atoms with E-state index < -0.39 is 0 Å². The van der Waals surface area contributed by atoms with Crippen molar-refractivity contribution in [2.45, 2.75) is 12.0 Å². The number of hydrogen-bond donors (Lipinski definition) is 1. The fourth-order valence-corrected chi connectivity index (χ4v) is 2.01. The summed E-state index contributed by atoms with van der Waals surface area (Å²) >= 11 is 0. The summed E-state index contributed by atoms with van der Waals surface area (Å²) in [5.41, 5.74) is 6.70. The average Bonchev–Trinajstić information content (AvgIpc) is 2.17. The van der Waals surface area contributed by atoms with Crippen LogP contribution in [0.2, 0.25) is 0 Å². The molecule has 2 rings (SSSR count). The number of carbonyl (C=O) groups is 1. The highest BCUT2D eigenvalue weighted by atomic mass is 16.5. The Balaban J connectivity index is 2.36. The molecule has 5 heteroatoms. The summed E-state index contributed by atoms with van der Waals surface area (Å²) in [6.45, 7) is 1.17. The number of hydrogen-bond acceptors (Lipinski definition) is 4. The Morgan fingerprint density at radius 1 is 1.60 bits per heavy atom. The Bertz CT molecular complexity index is 356. The zero-order valence-corrected chi connectivity index (χ0v) is 8.99. The Morgan fingerprint density at radius 3 is 2.73 bits per heavy atom. The van der Waals surface area contributed by atoms with E-state index in [1.165, 1.54) is 0 Å². The van der Waals surface area contributed by atoms with E-state index in [0.29, 0.717) is 18.9 Å². The van der Waals surface area contributed by atoms with Crippen LogP contribution in [-0.2, 0) is 9.53 Å². The van der Waals surface area contributed by atoms with Crippen molar-refractivity contribution in [3.8, 4) is 0 Å². The number of likely N-dealkylation sites (N-methyl/N-ethyl adjacent to an activating group) is 1. The zero-order valence-electron chi connectivity index (χ0n) is 8.99. The molecule has 2 N–H and O–H groups in total. The molecule has 0 atom stereocenters. The molecule has 0 saturated carbocycles. The number of nitrogens with zero attached hydrogens (tertiary/aromatic N) is 2. The summed E-state index contributed by atoms with van der Waals surface area (Å²) in [5.74, 6) is -0.126. The second kappa shape index (κ2) is 3.34. The predicted molar refractivity (Wildman–Crippen MR) is 56.6 cm³/mol. The van der Waals surface area contributed by atoms with Crippen LogP contribution in [0.15, 0.2) is 16.3 Å². The van der Waals surface area contributed by atoms with Gasteiger partial charge >= 0.3 is 0 Å². The van der Waals surface area contributed by atoms with E-state index in [1.54, 1.807) is 25.2 Å². The van der Waals surface area contributed by atoms with Gasteiger partial charge in [-0.25, -0.2) is 0 Å². The van der Waals surface area contributed by atoms with E-state index in [9.17, 15) is 4.79 Å². The number of nitrogens with two attached hydrogens (primary N) is 1. The van der Waals surface area contributed by atoms with Crippen LogP contribution in [0.1, 0.15) is 6.42 Å². The predicted octanol–water partition coefficient (Wildman–Crippen LogP) is -0.469. The van der Waals surface area contributed by atoms with Crippen LogP contribution < -0.4 is 5.73 Å². The van der Waals surface area contributed by atoms with Gasteiger partial charge in [0.05, 0.1) is 18.8 Å². The van der Waals surface area contributed by atoms with Gasteiger partial charge in [-0.3, -0.25) is 9.79 Å². The Hall–Kier alpha value is -1.36. The van der Waals surface area contributed by atoms with Crippen molar-refractivity contribution in [1.82, 2.24) is 4.90 Å². The number of rotatable bonds is 1. The normalized spacial score (nSPS) is 25.2. The maximum atomic E-state index is 11.8. The number of amides is 1. The Kier molecular flexibility index (Phi) is 2.26. The van der Waals surface area contributed by atoms with Crippen LogP contribution in [0.25, 0.3) is 0 Å². The number of ether oxygens (including phenoxy) is 1. The highest BCUT2D eigenvalue weighted by molar-refractivity contribution is 6.01. The van der Waals surface area contributed by atoms with Crippen LogP contribution in [-0.4, -0.2) is 49.9 Å². The molecule has 82 valence electrons. The molecule has 2 heterocycles. The first-order chi connectivity index (χ1) is 7.10. The van der Waals surface area contributed by atoms with Crippen LogP contribution in [0.5, 0.6) is 0 Å². The SMILES string of the molecule is CN=CC1=C(N)C(=O)N(C)C2(COC2)C1. The minimum absolute atomic E-state index is 0.126. The van der Waals surface area contributed by atoms with Crippen LogP contribution >= 0.6 is 0 Å². The Labute approximate surface area is 88.6 Å². The lowest BCUT2D eigenvalue weighted by molar-refractivity contribution is -0.161. The molecule has 0 aromatic carbocycles. The maximum Gasteiger partial charge on any atom is 0.270 e. The van der Waals surface area contributed by atoms with Crippen molar-refractivity contribution in [2.75, 3.05) is 27.3 Å². The van der Waals surface area contributed by atoms with Gasteiger partial charge in [-0.05, 0) is 0 Å². The van der Waals surface area contributed by atoms with Gasteiger partial charge in [0, 0.05) is 32.3 Å². The largest absolute Gasteiger partial charge is 0.394 e. The van der Waals surface area contributed by atoms with Gasteiger partial charge in [0.25, 0.3) is 5.91 Å². The summed E-state index contributed by atoms with van der Waals surface area (Å²) < 4.78 is 5.19. The maximum absolute atomic E-state index is 11.8. The fourth-order valence-electron chi connectivity index (χ4n) is 2.01. The molecule has 0 aliphatic carbocycles. The van der Waals surface area contributed by atoms with Gasteiger partial charge in [-0.2, -0.15) is 0 Å². The second-order valence-electron chi connectivity index (χ2n) is 4.08. The summed E-state index contributed by atoms with van der Waals surface area (Å²) in [4.78, 5) is 17.5. The molecule has 2 aliphatic rings. The molecule has 1 spiro atoms. The summed E-state index contributed by atoms with van der Waals surface area (Å²) in [6, 6.07) is 0. The van der Waals surface area contributed by atoms with Crippen LogP contribution in [0, 0.1) is 0 Å². The molecule has 0 unspecified atom stereocenters. The van der Waals surface area contributed by atoms with E-state index in [4.69, 9.17) is 10.5 Å². The molecule has 1 saturated heterocycles. The highest BCUT2D eigenvalue weighted by Gasteiger charge is 2.48. The fraction of sp³-hybridized carbons (Fsp3) is 0.600. The van der Waals surface area contributed by atoms with Crippen molar-refractivity contribution in [3.05, 3.63) is 11.3 Å². The molecule has 1 fully saturated rings. The third-order valence-electron chi connectivity index (χ3n) is 3.14. The van der Waals surface area contributed by atoms with Crippen molar-refractivity contribution in [1.29, 1.82) is 0 Å². The van der Waals surface area contributed by atoms with Gasteiger partial charge in [0.2, 0.25) is 0 Å². The summed E-state index contributed by atoms with van der Waals surface area (Å²) in [5, 5.41) is 0. The molecule has 5 nitrogen and oxygen atoms in total. The first-order valence-electron chi connectivity index (χ1n) is 4.87. The molecule has 0 aromatic rings. The van der Waals surface area contributed by atoms with Gasteiger partial charge < -0.3 is 15.4 Å². The molecule has 2 aliphatic heterocycles. The topological polar surface area (TPSA) is 67.9 Å². The zero-order chi connectivity index (χ0) is 11.1. The van der Waals surface area contributed by atoms with E-state index >= 15 is 0 Å². The molecular formula is C10H15N3O2. The first kappa shape index (κ1) is 10.2. The molecule has 0 aromatic heterocycles. The van der Waals surface area contributed by atoms with E-state index in [0.717, 1.165) is 12.0 Å². The van der Waals surface area contributed by atoms with Gasteiger partial charge in [-0.15, -0.1) is 0 Å². The summed E-state index contributed by atoms with van der Waals surface area (Å²) in [7, 11) is 3.45. The second-order valence-corrected chi connectivity index (χ2v) is 4.08. The van der Waals surface area contributed by atoms with Crippen molar-refractivity contribution >= 4 is 12.1 Å². The minimum atomic E-state index is -0.184.